The van der Waals surface area contributed by atoms with Gasteiger partial charge in [-0.1, -0.05) is 0 Å². The monoisotopic (exact) mass is 295 g/mol. The fourth-order valence-electron chi connectivity index (χ4n) is 2.32. The normalized spacial score (nSPS) is 18.6. The van der Waals surface area contributed by atoms with Crippen molar-refractivity contribution in [1.29, 1.82) is 0 Å². The molecule has 1 aliphatic heterocycles. The van der Waals surface area contributed by atoms with Gasteiger partial charge in [-0.05, 0) is 38.4 Å². The number of ether oxygens (including phenoxy) is 1. The molecule has 0 aliphatic carbocycles. The van der Waals surface area contributed by atoms with E-state index in [4.69, 9.17) is 17.0 Å². The predicted octanol–water partition coefficient (Wildman–Crippen LogP) is 1.78. The van der Waals surface area contributed by atoms with Crippen molar-refractivity contribution in [1.82, 2.24) is 15.3 Å². The van der Waals surface area contributed by atoms with Crippen molar-refractivity contribution in [3.05, 3.63) is 6.07 Å². The number of nitrogens with zero attached hydrogens (tertiary/aromatic N) is 3. The number of rotatable bonds is 3. The quantitative estimate of drug-likeness (QED) is 0.824. The Morgan fingerprint density at radius 2 is 2.25 bits per heavy atom. The van der Waals surface area contributed by atoms with Crippen LogP contribution in [0.25, 0.3) is 0 Å². The first-order valence-electron chi connectivity index (χ1n) is 6.82. The van der Waals surface area contributed by atoms with E-state index in [1.54, 1.807) is 14.2 Å². The lowest BCUT2D eigenvalue weighted by Crippen LogP contribution is -2.38. The lowest BCUT2D eigenvalue weighted by Gasteiger charge is -2.34. The van der Waals surface area contributed by atoms with Crippen molar-refractivity contribution in [3.8, 4) is 5.88 Å². The molecular weight excluding hydrogens is 274 g/mol. The highest BCUT2D eigenvalue weighted by Gasteiger charge is 2.21. The lowest BCUT2D eigenvalue weighted by molar-refractivity contribution is 0.396. The van der Waals surface area contributed by atoms with Crippen molar-refractivity contribution in [3.63, 3.8) is 0 Å². The molecule has 20 heavy (non-hydrogen) atoms. The first kappa shape index (κ1) is 14.8. The molecule has 7 heteroatoms. The number of thiocarbonyl (C=S) groups is 1. The molecule has 2 heterocycles. The molecule has 6 nitrogen and oxygen atoms in total. The first-order valence-corrected chi connectivity index (χ1v) is 7.23. The zero-order chi connectivity index (χ0) is 14.5. The van der Waals surface area contributed by atoms with Gasteiger partial charge in [-0.2, -0.15) is 9.97 Å². The van der Waals surface area contributed by atoms with E-state index in [1.165, 1.54) is 19.3 Å². The fraction of sp³-hybridized carbons (Fsp3) is 0.615. The smallest absolute Gasteiger partial charge is 0.234 e. The van der Waals surface area contributed by atoms with Gasteiger partial charge in [0.2, 0.25) is 11.8 Å². The van der Waals surface area contributed by atoms with Crippen LogP contribution >= 0.6 is 12.2 Å². The van der Waals surface area contributed by atoms with Gasteiger partial charge < -0.3 is 20.3 Å². The van der Waals surface area contributed by atoms with E-state index in [0.717, 1.165) is 12.4 Å². The molecule has 1 saturated heterocycles. The van der Waals surface area contributed by atoms with Crippen molar-refractivity contribution in [2.75, 3.05) is 30.9 Å². The predicted molar refractivity (Wildman–Crippen MR) is 84.5 cm³/mol. The van der Waals surface area contributed by atoms with Crippen LogP contribution in [0.1, 0.15) is 26.2 Å². The summed E-state index contributed by atoms with van der Waals surface area (Å²) in [5.74, 6) is 1.87. The van der Waals surface area contributed by atoms with Crippen LogP contribution in [0.5, 0.6) is 5.88 Å². The van der Waals surface area contributed by atoms with Crippen LogP contribution in [0.3, 0.4) is 0 Å². The summed E-state index contributed by atoms with van der Waals surface area (Å²) in [5, 5.41) is 6.28. The Morgan fingerprint density at radius 3 is 2.90 bits per heavy atom. The Kier molecular flexibility index (Phi) is 4.94. The van der Waals surface area contributed by atoms with Crippen molar-refractivity contribution in [2.24, 2.45) is 0 Å². The second-order valence-electron chi connectivity index (χ2n) is 4.83. The third-order valence-corrected chi connectivity index (χ3v) is 3.75. The molecule has 0 aromatic carbocycles. The van der Waals surface area contributed by atoms with Crippen LogP contribution < -0.4 is 20.3 Å². The fourth-order valence-corrected chi connectivity index (χ4v) is 2.41. The zero-order valence-electron chi connectivity index (χ0n) is 12.1. The topological polar surface area (TPSA) is 62.3 Å². The van der Waals surface area contributed by atoms with Gasteiger partial charge in [0.25, 0.3) is 0 Å². The van der Waals surface area contributed by atoms with Crippen LogP contribution in [-0.4, -0.2) is 41.8 Å². The molecule has 2 rings (SSSR count). The number of piperidine rings is 1. The molecule has 0 radical (unpaired) electrons. The minimum Gasteiger partial charge on any atom is -0.481 e. The Balaban J connectivity index is 2.27. The molecule has 0 amide bonds. The molecule has 1 fully saturated rings. The maximum absolute atomic E-state index is 5.26. The van der Waals surface area contributed by atoms with E-state index in [9.17, 15) is 0 Å². The molecule has 0 saturated carbocycles. The largest absolute Gasteiger partial charge is 0.481 e. The average Bonchev–Trinajstić information content (AvgIpc) is 2.47. The van der Waals surface area contributed by atoms with E-state index in [1.807, 2.05) is 6.07 Å². The highest BCUT2D eigenvalue weighted by atomic mass is 32.1. The van der Waals surface area contributed by atoms with Crippen LogP contribution in [0.15, 0.2) is 6.07 Å². The number of aromatic nitrogens is 2. The molecule has 2 N–H and O–H groups in total. The molecular formula is C13H21N5OS. The standard InChI is InChI=1S/C13H21N5OS/c1-9-6-4-5-7-18(9)10-8-11(19-3)16-12(15-10)17-13(20)14-2/h8-9H,4-7H2,1-3H3,(H2,14,15,16,17,20)/t9-/m1/s1. The minimum atomic E-state index is 0.455. The highest BCUT2D eigenvalue weighted by molar-refractivity contribution is 7.80. The van der Waals surface area contributed by atoms with E-state index >= 15 is 0 Å². The second kappa shape index (κ2) is 6.69. The average molecular weight is 295 g/mol. The van der Waals surface area contributed by atoms with Crippen molar-refractivity contribution < 1.29 is 4.74 Å². The lowest BCUT2D eigenvalue weighted by atomic mass is 10.0. The SMILES string of the molecule is CNC(=S)Nc1nc(OC)cc(N2CCCC[C@H]2C)n1. The van der Waals surface area contributed by atoms with Gasteiger partial charge in [-0.25, -0.2) is 0 Å². The third-order valence-electron chi connectivity index (χ3n) is 3.45. The summed E-state index contributed by atoms with van der Waals surface area (Å²) in [4.78, 5) is 11.1. The van der Waals surface area contributed by atoms with E-state index in [2.05, 4.69) is 32.4 Å². The van der Waals surface area contributed by atoms with E-state index < -0.39 is 0 Å². The van der Waals surface area contributed by atoms with Gasteiger partial charge >= 0.3 is 0 Å². The van der Waals surface area contributed by atoms with Gasteiger partial charge in [0.1, 0.15) is 5.82 Å². The van der Waals surface area contributed by atoms with Crippen LogP contribution in [0.4, 0.5) is 11.8 Å². The number of methoxy groups -OCH3 is 1. The summed E-state index contributed by atoms with van der Waals surface area (Å²) in [5.41, 5.74) is 0. The minimum absolute atomic E-state index is 0.455. The Labute approximate surface area is 124 Å². The highest BCUT2D eigenvalue weighted by Crippen LogP contribution is 2.26. The summed E-state index contributed by atoms with van der Waals surface area (Å²) in [6.07, 6.45) is 3.65. The van der Waals surface area contributed by atoms with Gasteiger partial charge in [0.15, 0.2) is 5.11 Å². The Hall–Kier alpha value is -1.63. The van der Waals surface area contributed by atoms with Crippen LogP contribution in [0, 0.1) is 0 Å². The molecule has 0 bridgehead atoms. The summed E-state index contributed by atoms with van der Waals surface area (Å²) in [7, 11) is 3.36. The second-order valence-corrected chi connectivity index (χ2v) is 5.24. The van der Waals surface area contributed by atoms with Crippen molar-refractivity contribution in [2.45, 2.75) is 32.2 Å². The van der Waals surface area contributed by atoms with Gasteiger partial charge in [-0.3, -0.25) is 0 Å². The maximum Gasteiger partial charge on any atom is 0.234 e. The molecule has 0 spiro atoms. The van der Waals surface area contributed by atoms with Gasteiger partial charge in [0, 0.05) is 25.7 Å². The number of nitrogens with one attached hydrogen (secondary N) is 2. The van der Waals surface area contributed by atoms with Crippen LogP contribution in [-0.2, 0) is 0 Å². The number of anilines is 2. The summed E-state index contributed by atoms with van der Waals surface area (Å²) in [6, 6.07) is 2.35. The Morgan fingerprint density at radius 1 is 1.45 bits per heavy atom. The van der Waals surface area contributed by atoms with Crippen LogP contribution in [0.2, 0.25) is 0 Å². The molecule has 1 aromatic heterocycles. The summed E-state index contributed by atoms with van der Waals surface area (Å²) < 4.78 is 5.26. The Bertz CT molecular complexity index is 482. The number of hydrogen-bond acceptors (Lipinski definition) is 5. The summed E-state index contributed by atoms with van der Waals surface area (Å²) >= 11 is 5.08. The van der Waals surface area contributed by atoms with Gasteiger partial charge in [-0.15, -0.1) is 0 Å². The van der Waals surface area contributed by atoms with Gasteiger partial charge in [0.05, 0.1) is 7.11 Å². The van der Waals surface area contributed by atoms with E-state index in [0.29, 0.717) is 23.0 Å². The molecule has 1 atom stereocenters. The van der Waals surface area contributed by atoms with E-state index in [-0.39, 0.29) is 0 Å². The third kappa shape index (κ3) is 3.47. The number of hydrogen-bond donors (Lipinski definition) is 2. The molecule has 1 aliphatic rings. The molecule has 110 valence electrons. The summed E-state index contributed by atoms with van der Waals surface area (Å²) in [6.45, 7) is 3.23. The maximum atomic E-state index is 5.26. The first-order chi connectivity index (χ1) is 9.63. The molecule has 0 unspecified atom stereocenters. The zero-order valence-corrected chi connectivity index (χ0v) is 13.0. The van der Waals surface area contributed by atoms with Crippen molar-refractivity contribution >= 4 is 29.1 Å². The molecule has 1 aromatic rings.